The molecular weight excluding hydrogens is 250 g/mol. The number of benzene rings is 1. The molecule has 0 amide bonds. The van der Waals surface area contributed by atoms with Gasteiger partial charge in [0.2, 0.25) is 0 Å². The average Bonchev–Trinajstić information content (AvgIpc) is 2.87. The van der Waals surface area contributed by atoms with Gasteiger partial charge < -0.3 is 9.47 Å². The van der Waals surface area contributed by atoms with Gasteiger partial charge in [-0.3, -0.25) is 0 Å². The van der Waals surface area contributed by atoms with Crippen molar-refractivity contribution in [2.45, 2.75) is 24.2 Å². The van der Waals surface area contributed by atoms with E-state index in [9.17, 15) is 4.79 Å². The topological polar surface area (TPSA) is 59.3 Å². The van der Waals surface area contributed by atoms with Crippen LogP contribution in [-0.2, 0) is 22.4 Å². The molecule has 0 heterocycles. The summed E-state index contributed by atoms with van der Waals surface area (Å²) in [6, 6.07) is 3.71. The van der Waals surface area contributed by atoms with Crippen molar-refractivity contribution in [1.82, 2.24) is 0 Å². The minimum atomic E-state index is -0.391. The Morgan fingerprint density at radius 2 is 2.22 bits per heavy atom. The lowest BCUT2D eigenvalue weighted by atomic mass is 10.1. The highest BCUT2D eigenvalue weighted by molar-refractivity contribution is 8.03. The lowest BCUT2D eigenvalue weighted by Gasteiger charge is -2.11. The zero-order chi connectivity index (χ0) is 13.0. The van der Waals surface area contributed by atoms with Crippen molar-refractivity contribution >= 4 is 17.7 Å². The number of nitrogens with zero attached hydrogens (tertiary/aromatic N) is 1. The molecule has 0 aliphatic heterocycles. The van der Waals surface area contributed by atoms with Crippen LogP contribution in [0.15, 0.2) is 17.0 Å². The molecule has 0 radical (unpaired) electrons. The normalized spacial score (nSPS) is 12.7. The van der Waals surface area contributed by atoms with Crippen LogP contribution in [0.1, 0.15) is 17.5 Å². The number of hydrogen-bond donors (Lipinski definition) is 0. The van der Waals surface area contributed by atoms with Crippen LogP contribution in [0, 0.1) is 10.7 Å². The van der Waals surface area contributed by atoms with E-state index in [1.807, 2.05) is 12.1 Å². The highest BCUT2D eigenvalue weighted by Gasteiger charge is 2.20. The number of ether oxygens (including phenoxy) is 2. The molecule has 0 spiro atoms. The largest absolute Gasteiger partial charge is 0.482 e. The fourth-order valence-corrected chi connectivity index (χ4v) is 2.70. The number of esters is 1. The standard InChI is InChI=1S/C13H13NO3S/c1-16-13(15)7-17-11-5-6-12(18-8-14)10-4-2-3-9(10)11/h5-6H,2-4,7H2,1H3. The second-order valence-corrected chi connectivity index (χ2v) is 4.76. The maximum atomic E-state index is 11.1. The summed E-state index contributed by atoms with van der Waals surface area (Å²) in [6.07, 6.45) is 2.97. The fraction of sp³-hybridized carbons (Fsp3) is 0.385. The van der Waals surface area contributed by atoms with E-state index in [4.69, 9.17) is 10.00 Å². The third-order valence-corrected chi connectivity index (χ3v) is 3.62. The molecule has 18 heavy (non-hydrogen) atoms. The predicted octanol–water partition coefficient (Wildman–Crippen LogP) is 2.30. The van der Waals surface area contributed by atoms with Crippen LogP contribution in [0.2, 0.25) is 0 Å². The van der Waals surface area contributed by atoms with Crippen LogP contribution >= 0.6 is 11.8 Å². The van der Waals surface area contributed by atoms with Gasteiger partial charge in [-0.2, -0.15) is 5.26 Å². The Morgan fingerprint density at radius 3 is 2.94 bits per heavy atom. The monoisotopic (exact) mass is 263 g/mol. The first-order chi connectivity index (χ1) is 8.76. The van der Waals surface area contributed by atoms with Gasteiger partial charge in [0.15, 0.2) is 6.61 Å². The van der Waals surface area contributed by atoms with Crippen LogP contribution in [-0.4, -0.2) is 19.7 Å². The molecule has 0 atom stereocenters. The summed E-state index contributed by atoms with van der Waals surface area (Å²) in [5.41, 5.74) is 2.31. The number of carbonyl (C=O) groups is 1. The first-order valence-electron chi connectivity index (χ1n) is 5.66. The van der Waals surface area contributed by atoms with E-state index in [2.05, 4.69) is 10.1 Å². The van der Waals surface area contributed by atoms with Crippen LogP contribution in [0.3, 0.4) is 0 Å². The lowest BCUT2D eigenvalue weighted by molar-refractivity contribution is -0.142. The van der Waals surface area contributed by atoms with Gasteiger partial charge in [-0.05, 0) is 54.3 Å². The Labute approximate surface area is 110 Å². The highest BCUT2D eigenvalue weighted by atomic mass is 32.2. The average molecular weight is 263 g/mol. The summed E-state index contributed by atoms with van der Waals surface area (Å²) >= 11 is 1.18. The molecule has 1 aliphatic rings. The second kappa shape index (κ2) is 5.78. The molecule has 0 unspecified atom stereocenters. The van der Waals surface area contributed by atoms with Crippen molar-refractivity contribution in [2.24, 2.45) is 0 Å². The van der Waals surface area contributed by atoms with E-state index in [1.165, 1.54) is 24.4 Å². The number of fused-ring (bicyclic) bond motifs is 1. The minimum absolute atomic E-state index is 0.0757. The molecule has 0 aromatic heterocycles. The van der Waals surface area contributed by atoms with E-state index in [-0.39, 0.29) is 6.61 Å². The summed E-state index contributed by atoms with van der Waals surface area (Å²) < 4.78 is 10.0. The first-order valence-corrected chi connectivity index (χ1v) is 6.48. The predicted molar refractivity (Wildman–Crippen MR) is 67.4 cm³/mol. The van der Waals surface area contributed by atoms with Crippen molar-refractivity contribution < 1.29 is 14.3 Å². The van der Waals surface area contributed by atoms with Gasteiger partial charge in [0, 0.05) is 4.90 Å². The van der Waals surface area contributed by atoms with Gasteiger partial charge in [0.05, 0.1) is 7.11 Å². The van der Waals surface area contributed by atoms with Crippen molar-refractivity contribution in [3.8, 4) is 11.2 Å². The van der Waals surface area contributed by atoms with Crippen LogP contribution in [0.4, 0.5) is 0 Å². The SMILES string of the molecule is COC(=O)COc1ccc(SC#N)c2c1CCC2. The third-order valence-electron chi connectivity index (χ3n) is 2.93. The van der Waals surface area contributed by atoms with E-state index in [1.54, 1.807) is 0 Å². The van der Waals surface area contributed by atoms with Crippen LogP contribution in [0.5, 0.6) is 5.75 Å². The van der Waals surface area contributed by atoms with E-state index in [0.29, 0.717) is 0 Å². The number of nitriles is 1. The molecule has 5 heteroatoms. The second-order valence-electron chi connectivity index (χ2n) is 3.93. The van der Waals surface area contributed by atoms with Gasteiger partial charge in [0.1, 0.15) is 11.2 Å². The number of hydrogen-bond acceptors (Lipinski definition) is 5. The minimum Gasteiger partial charge on any atom is -0.482 e. The smallest absolute Gasteiger partial charge is 0.343 e. The number of thioether (sulfide) groups is 1. The fourth-order valence-electron chi connectivity index (χ4n) is 2.12. The number of carbonyl (C=O) groups excluding carboxylic acids is 1. The van der Waals surface area contributed by atoms with Gasteiger partial charge >= 0.3 is 5.97 Å². The number of methoxy groups -OCH3 is 1. The van der Waals surface area contributed by atoms with E-state index < -0.39 is 5.97 Å². The molecule has 94 valence electrons. The molecule has 0 saturated heterocycles. The Morgan fingerprint density at radius 1 is 1.44 bits per heavy atom. The number of thiocyanates is 1. The quantitative estimate of drug-likeness (QED) is 0.474. The van der Waals surface area contributed by atoms with Crippen molar-refractivity contribution in [3.63, 3.8) is 0 Å². The van der Waals surface area contributed by atoms with Crippen molar-refractivity contribution in [2.75, 3.05) is 13.7 Å². The van der Waals surface area contributed by atoms with Gasteiger partial charge in [-0.1, -0.05) is 0 Å². The third kappa shape index (κ3) is 2.59. The summed E-state index contributed by atoms with van der Waals surface area (Å²) in [6.45, 7) is -0.0757. The van der Waals surface area contributed by atoms with Gasteiger partial charge in [-0.25, -0.2) is 4.79 Å². The maximum absolute atomic E-state index is 11.1. The van der Waals surface area contributed by atoms with Crippen molar-refractivity contribution in [3.05, 3.63) is 23.3 Å². The molecule has 2 rings (SSSR count). The van der Waals surface area contributed by atoms with Gasteiger partial charge in [0.25, 0.3) is 0 Å². The molecule has 1 aliphatic carbocycles. The molecule has 0 bridgehead atoms. The summed E-state index contributed by atoms with van der Waals surface area (Å²) in [4.78, 5) is 12.1. The lowest BCUT2D eigenvalue weighted by Crippen LogP contribution is -2.13. The molecule has 1 aromatic rings. The van der Waals surface area contributed by atoms with E-state index >= 15 is 0 Å². The van der Waals surface area contributed by atoms with Crippen LogP contribution < -0.4 is 4.74 Å². The zero-order valence-corrected chi connectivity index (χ0v) is 10.9. The molecule has 1 aromatic carbocycles. The Hall–Kier alpha value is -1.67. The molecular formula is C13H13NO3S. The zero-order valence-electron chi connectivity index (χ0n) is 10.1. The molecule has 0 fully saturated rings. The highest BCUT2D eigenvalue weighted by Crippen LogP contribution is 2.37. The van der Waals surface area contributed by atoms with Gasteiger partial charge in [-0.15, -0.1) is 0 Å². The Balaban J connectivity index is 2.20. The van der Waals surface area contributed by atoms with Crippen molar-refractivity contribution in [1.29, 1.82) is 5.26 Å². The first kappa shape index (κ1) is 12.8. The summed E-state index contributed by atoms with van der Waals surface area (Å²) in [5, 5.41) is 10.8. The summed E-state index contributed by atoms with van der Waals surface area (Å²) in [7, 11) is 1.34. The number of rotatable bonds is 4. The summed E-state index contributed by atoms with van der Waals surface area (Å²) in [5.74, 6) is 0.340. The molecule has 0 saturated carbocycles. The molecule has 0 N–H and O–H groups in total. The van der Waals surface area contributed by atoms with E-state index in [0.717, 1.165) is 35.5 Å². The maximum Gasteiger partial charge on any atom is 0.343 e. The molecule has 4 nitrogen and oxygen atoms in total. The van der Waals surface area contributed by atoms with Crippen LogP contribution in [0.25, 0.3) is 0 Å². The Bertz CT molecular complexity index is 508. The Kier molecular flexibility index (Phi) is 4.11.